The van der Waals surface area contributed by atoms with Gasteiger partial charge >= 0.3 is 0 Å². The van der Waals surface area contributed by atoms with Crippen LogP contribution in [-0.2, 0) is 21.7 Å². The van der Waals surface area contributed by atoms with Crippen molar-refractivity contribution in [2.45, 2.75) is 63.2 Å². The van der Waals surface area contributed by atoms with Crippen LogP contribution in [0.15, 0.2) is 170 Å². The maximum absolute atomic E-state index is 2.51. The van der Waals surface area contributed by atoms with Gasteiger partial charge in [-0.15, -0.1) is 0 Å². The summed E-state index contributed by atoms with van der Waals surface area (Å²) in [5.41, 5.74) is 24.3. The van der Waals surface area contributed by atoms with Crippen LogP contribution in [0.1, 0.15) is 97.2 Å². The Bertz CT molecular complexity index is 3370. The van der Waals surface area contributed by atoms with E-state index in [1.807, 2.05) is 0 Å². The number of hydrogen-bond donors (Lipinski definition) is 0. The fourth-order valence-electron chi connectivity index (χ4n) is 13.9. The maximum atomic E-state index is 2.51. The molecule has 0 aromatic heterocycles. The molecular formula is C60H46BN. The Morgan fingerprint density at radius 2 is 0.774 bits per heavy atom. The van der Waals surface area contributed by atoms with Crippen LogP contribution in [0.2, 0.25) is 0 Å². The zero-order chi connectivity index (χ0) is 41.7. The van der Waals surface area contributed by atoms with E-state index in [1.165, 1.54) is 116 Å². The fourth-order valence-corrected chi connectivity index (χ4v) is 13.9. The summed E-state index contributed by atoms with van der Waals surface area (Å²) in [6.45, 7) is 14.8. The quantitative estimate of drug-likeness (QED) is 0.125. The third-order valence-corrected chi connectivity index (χ3v) is 16.6. The molecular weight excluding hydrogens is 745 g/mol. The second kappa shape index (κ2) is 11.2. The number of hydrogen-bond acceptors (Lipinski definition) is 1. The lowest BCUT2D eigenvalue weighted by Gasteiger charge is -2.53. The van der Waals surface area contributed by atoms with Crippen molar-refractivity contribution in [2.75, 3.05) is 4.90 Å². The van der Waals surface area contributed by atoms with E-state index in [0.29, 0.717) is 0 Å². The van der Waals surface area contributed by atoms with Crippen molar-refractivity contribution in [3.05, 3.63) is 225 Å². The summed E-state index contributed by atoms with van der Waals surface area (Å²) < 4.78 is 0. The molecule has 2 heteroatoms. The molecule has 9 aromatic rings. The first kappa shape index (κ1) is 35.0. The number of para-hydroxylation sites is 2. The van der Waals surface area contributed by atoms with Crippen LogP contribution in [0.4, 0.5) is 17.1 Å². The molecule has 1 spiro atoms. The summed E-state index contributed by atoms with van der Waals surface area (Å²) in [6, 6.07) is 66.0. The van der Waals surface area contributed by atoms with Crippen LogP contribution < -0.4 is 21.3 Å². The predicted molar refractivity (Wildman–Crippen MR) is 261 cm³/mol. The van der Waals surface area contributed by atoms with Gasteiger partial charge in [0, 0.05) is 21.9 Å². The van der Waals surface area contributed by atoms with Crippen LogP contribution in [-0.4, -0.2) is 6.71 Å². The number of nitrogens with zero attached hydrogens (tertiary/aromatic N) is 1. The molecule has 0 N–H and O–H groups in total. The van der Waals surface area contributed by atoms with E-state index in [9.17, 15) is 0 Å². The van der Waals surface area contributed by atoms with E-state index in [-0.39, 0.29) is 23.0 Å². The van der Waals surface area contributed by atoms with E-state index in [1.54, 1.807) is 5.46 Å². The third-order valence-electron chi connectivity index (χ3n) is 16.6. The van der Waals surface area contributed by atoms with Gasteiger partial charge in [0.1, 0.15) is 0 Å². The monoisotopic (exact) mass is 791 g/mol. The van der Waals surface area contributed by atoms with Crippen LogP contribution in [0.25, 0.3) is 32.7 Å². The van der Waals surface area contributed by atoms with E-state index in [2.05, 4.69) is 216 Å². The minimum absolute atomic E-state index is 0.103. The normalized spacial score (nSPS) is 17.6. The number of fused-ring (bicyclic) bond motifs is 6. The summed E-state index contributed by atoms with van der Waals surface area (Å²) in [7, 11) is 0. The van der Waals surface area contributed by atoms with Crippen LogP contribution in [0.5, 0.6) is 0 Å². The van der Waals surface area contributed by atoms with Crippen molar-refractivity contribution in [3.63, 3.8) is 0 Å². The second-order valence-corrected chi connectivity index (χ2v) is 20.3. The van der Waals surface area contributed by atoms with Gasteiger partial charge < -0.3 is 4.90 Å². The van der Waals surface area contributed by atoms with E-state index >= 15 is 0 Å². The standard InChI is InChI=1S/C60H46BN/c1-57(2)40-16-7-9-25-49(40)62(50-26-10-8-17-41(50)57)38-32-29-35(30-33-38)39-34-31-37-28-27-36-15-11-18-42-51(36)52(37)53(39)60(42)47-23-13-21-45-55(47)61-54-43(58(45,3)4)19-12-20-44(54)59(5,6)46-22-14-24-48(60)56(46)61/h7-34H,1-6H3. The Labute approximate surface area is 364 Å². The molecule has 62 heavy (non-hydrogen) atoms. The lowest BCUT2D eigenvalue weighted by Crippen LogP contribution is -2.71. The summed E-state index contributed by atoms with van der Waals surface area (Å²) in [6.07, 6.45) is 0. The lowest BCUT2D eigenvalue weighted by atomic mass is 9.23. The van der Waals surface area contributed by atoms with Gasteiger partial charge in [-0.1, -0.05) is 204 Å². The minimum Gasteiger partial charge on any atom is -0.310 e. The topological polar surface area (TPSA) is 3.24 Å². The van der Waals surface area contributed by atoms with E-state index in [0.717, 1.165) is 0 Å². The Morgan fingerprint density at radius 3 is 1.34 bits per heavy atom. The highest BCUT2D eigenvalue weighted by Gasteiger charge is 2.59. The largest absolute Gasteiger partial charge is 0.310 e. The van der Waals surface area contributed by atoms with Gasteiger partial charge in [0.15, 0.2) is 0 Å². The van der Waals surface area contributed by atoms with Crippen LogP contribution in [0.3, 0.4) is 0 Å². The highest BCUT2D eigenvalue weighted by Crippen LogP contribution is 2.61. The first-order chi connectivity index (χ1) is 30.1. The molecule has 0 atom stereocenters. The van der Waals surface area contributed by atoms with Gasteiger partial charge in [0.05, 0.1) is 16.8 Å². The highest BCUT2D eigenvalue weighted by molar-refractivity contribution is 6.98. The molecule has 0 radical (unpaired) electrons. The van der Waals surface area contributed by atoms with Crippen molar-refractivity contribution >= 4 is 61.7 Å². The molecule has 4 heterocycles. The summed E-state index contributed by atoms with van der Waals surface area (Å²) >= 11 is 0. The van der Waals surface area contributed by atoms with Crippen molar-refractivity contribution < 1.29 is 0 Å². The van der Waals surface area contributed by atoms with Gasteiger partial charge in [0.25, 0.3) is 0 Å². The Morgan fingerprint density at radius 1 is 0.355 bits per heavy atom. The molecule has 4 aliphatic heterocycles. The van der Waals surface area contributed by atoms with Gasteiger partial charge in [-0.05, 0) is 113 Å². The van der Waals surface area contributed by atoms with Crippen LogP contribution in [0, 0.1) is 0 Å². The third kappa shape index (κ3) is 3.83. The molecule has 0 unspecified atom stereocenters. The number of rotatable bonds is 2. The molecule has 0 bridgehead atoms. The van der Waals surface area contributed by atoms with Gasteiger partial charge in [0.2, 0.25) is 6.71 Å². The molecule has 0 saturated carbocycles. The smallest absolute Gasteiger partial charge is 0.243 e. The molecule has 1 aliphatic carbocycles. The average Bonchev–Trinajstić information content (AvgIpc) is 3.60. The summed E-state index contributed by atoms with van der Waals surface area (Å²) in [5, 5.41) is 5.44. The van der Waals surface area contributed by atoms with Crippen molar-refractivity contribution in [2.24, 2.45) is 0 Å². The zero-order valence-corrected chi connectivity index (χ0v) is 36.2. The van der Waals surface area contributed by atoms with Gasteiger partial charge in [-0.3, -0.25) is 0 Å². The first-order valence-electron chi connectivity index (χ1n) is 22.6. The molecule has 1 nitrogen and oxygen atoms in total. The maximum Gasteiger partial charge on any atom is 0.243 e. The van der Waals surface area contributed by atoms with Gasteiger partial charge in [-0.2, -0.15) is 0 Å². The van der Waals surface area contributed by atoms with E-state index < -0.39 is 5.41 Å². The molecule has 5 aliphatic rings. The van der Waals surface area contributed by atoms with Crippen LogP contribution >= 0.6 is 0 Å². The number of anilines is 3. The molecule has 14 rings (SSSR count). The second-order valence-electron chi connectivity index (χ2n) is 20.3. The van der Waals surface area contributed by atoms with Crippen molar-refractivity contribution in [3.8, 4) is 11.1 Å². The number of benzene rings is 9. The van der Waals surface area contributed by atoms with E-state index in [4.69, 9.17) is 0 Å². The Kier molecular flexibility index (Phi) is 6.35. The highest BCUT2D eigenvalue weighted by atomic mass is 15.2. The van der Waals surface area contributed by atoms with Gasteiger partial charge in [-0.25, -0.2) is 0 Å². The van der Waals surface area contributed by atoms with Crippen molar-refractivity contribution in [1.82, 2.24) is 0 Å². The lowest BCUT2D eigenvalue weighted by molar-refractivity contribution is 0.615. The molecule has 0 fully saturated rings. The zero-order valence-electron chi connectivity index (χ0n) is 36.2. The Balaban J connectivity index is 1.07. The molecule has 294 valence electrons. The SMILES string of the molecule is CC1(C)c2ccccc2N(c2ccc(-c3ccc4ccc5cccc6c5c4c3C63c4cccc5c4B4c6c(cccc6C(C)(C)c6cccc3c64)C5(C)C)cc2)c2ccccc21. The fraction of sp³-hybridized carbons (Fsp3) is 0.167. The molecule has 9 aromatic carbocycles. The summed E-state index contributed by atoms with van der Waals surface area (Å²) in [5.74, 6) is 0. The predicted octanol–water partition coefficient (Wildman–Crippen LogP) is 12.6. The average molecular weight is 792 g/mol. The summed E-state index contributed by atoms with van der Waals surface area (Å²) in [4.78, 5) is 2.48. The first-order valence-corrected chi connectivity index (χ1v) is 22.6. The minimum atomic E-state index is -0.518. The van der Waals surface area contributed by atoms with Crippen molar-refractivity contribution in [1.29, 1.82) is 0 Å². The molecule has 0 saturated heterocycles. The Hall–Kier alpha value is -6.64. The molecule has 0 amide bonds.